The van der Waals surface area contributed by atoms with Crippen LogP contribution in [0.3, 0.4) is 0 Å². The Balaban J connectivity index is 2.10. The summed E-state index contributed by atoms with van der Waals surface area (Å²) in [5.41, 5.74) is 2.50. The average molecular weight is 297 g/mol. The maximum Gasteiger partial charge on any atom is 0.281 e. The minimum absolute atomic E-state index is 0.136. The Morgan fingerprint density at radius 3 is 2.36 bits per heavy atom. The van der Waals surface area contributed by atoms with Gasteiger partial charge in [0.2, 0.25) is 0 Å². The molecule has 2 heterocycles. The molecule has 4 heteroatoms. The van der Waals surface area contributed by atoms with Crippen LogP contribution >= 0.6 is 0 Å². The number of hydrogen-bond donors (Lipinski definition) is 0. The Morgan fingerprint density at radius 2 is 1.73 bits per heavy atom. The van der Waals surface area contributed by atoms with Gasteiger partial charge in [-0.25, -0.2) is 4.68 Å². The Hall–Kier alpha value is -2.10. The van der Waals surface area contributed by atoms with Gasteiger partial charge in [0.05, 0.1) is 11.3 Å². The standard InChI is InChI=1S/C18H23N3O/c1-13-9-11-20(12-10-13)21-14(2)17(18(22)19-15(21)3)16-7-5-4-6-8-16/h4-8,13H,9-12H2,1-3H3. The first-order chi connectivity index (χ1) is 10.6. The Labute approximate surface area is 131 Å². The minimum atomic E-state index is -0.136. The summed E-state index contributed by atoms with van der Waals surface area (Å²) in [6, 6.07) is 9.83. The molecule has 1 aliphatic heterocycles. The van der Waals surface area contributed by atoms with Crippen molar-refractivity contribution in [3.8, 4) is 11.1 Å². The van der Waals surface area contributed by atoms with Gasteiger partial charge in [-0.3, -0.25) is 4.79 Å². The second-order valence-electron chi connectivity index (χ2n) is 6.24. The third-order valence-corrected chi connectivity index (χ3v) is 4.57. The van der Waals surface area contributed by atoms with Gasteiger partial charge < -0.3 is 5.01 Å². The van der Waals surface area contributed by atoms with Crippen molar-refractivity contribution in [1.82, 2.24) is 9.66 Å². The molecular formula is C18H23N3O. The molecule has 1 saturated heterocycles. The largest absolute Gasteiger partial charge is 0.311 e. The molecule has 0 N–H and O–H groups in total. The van der Waals surface area contributed by atoms with Crippen LogP contribution in [0.5, 0.6) is 0 Å². The van der Waals surface area contributed by atoms with Crippen molar-refractivity contribution in [3.05, 3.63) is 52.2 Å². The van der Waals surface area contributed by atoms with Crippen LogP contribution in [-0.4, -0.2) is 22.7 Å². The summed E-state index contributed by atoms with van der Waals surface area (Å²) in [7, 11) is 0. The lowest BCUT2D eigenvalue weighted by atomic mass is 10.0. The number of aryl methyl sites for hydroxylation is 1. The number of piperidine rings is 1. The fraction of sp³-hybridized carbons (Fsp3) is 0.444. The van der Waals surface area contributed by atoms with Crippen LogP contribution in [0.15, 0.2) is 35.1 Å². The maximum atomic E-state index is 12.4. The molecule has 0 unspecified atom stereocenters. The van der Waals surface area contributed by atoms with E-state index in [1.165, 1.54) is 12.8 Å². The SMILES string of the molecule is Cc1nc(=O)c(-c2ccccc2)c(C)n1N1CCC(C)CC1. The number of nitrogens with zero attached hydrogens (tertiary/aromatic N) is 3. The molecule has 0 spiro atoms. The molecule has 0 radical (unpaired) electrons. The van der Waals surface area contributed by atoms with E-state index in [1.54, 1.807) is 0 Å². The summed E-state index contributed by atoms with van der Waals surface area (Å²) in [5, 5.41) is 2.32. The Kier molecular flexibility index (Phi) is 4.01. The lowest BCUT2D eigenvalue weighted by Crippen LogP contribution is -2.44. The third kappa shape index (κ3) is 2.65. The highest BCUT2D eigenvalue weighted by molar-refractivity contribution is 5.64. The van der Waals surface area contributed by atoms with Gasteiger partial charge in [0.25, 0.3) is 5.56 Å². The monoisotopic (exact) mass is 297 g/mol. The zero-order chi connectivity index (χ0) is 15.7. The Morgan fingerprint density at radius 1 is 1.09 bits per heavy atom. The highest BCUT2D eigenvalue weighted by Gasteiger charge is 2.21. The predicted molar refractivity (Wildman–Crippen MR) is 89.8 cm³/mol. The van der Waals surface area contributed by atoms with Crippen LogP contribution in [0.2, 0.25) is 0 Å². The van der Waals surface area contributed by atoms with Gasteiger partial charge in [0.15, 0.2) is 0 Å². The molecule has 3 rings (SSSR count). The van der Waals surface area contributed by atoms with Gasteiger partial charge in [0.1, 0.15) is 5.82 Å². The summed E-state index contributed by atoms with van der Waals surface area (Å²) in [5.74, 6) is 1.55. The lowest BCUT2D eigenvalue weighted by molar-refractivity contribution is 0.378. The molecule has 1 fully saturated rings. The third-order valence-electron chi connectivity index (χ3n) is 4.57. The predicted octanol–water partition coefficient (Wildman–Crippen LogP) is 2.90. The lowest BCUT2D eigenvalue weighted by Gasteiger charge is -2.36. The quantitative estimate of drug-likeness (QED) is 0.855. The molecule has 1 aliphatic rings. The van der Waals surface area contributed by atoms with Gasteiger partial charge in [0, 0.05) is 13.1 Å². The van der Waals surface area contributed by atoms with E-state index in [2.05, 4.69) is 21.6 Å². The van der Waals surface area contributed by atoms with E-state index in [0.717, 1.165) is 36.1 Å². The summed E-state index contributed by atoms with van der Waals surface area (Å²) in [4.78, 5) is 16.7. The van der Waals surface area contributed by atoms with Crippen LogP contribution in [-0.2, 0) is 0 Å². The molecule has 1 aromatic heterocycles. The van der Waals surface area contributed by atoms with E-state index in [0.29, 0.717) is 5.56 Å². The molecule has 0 saturated carbocycles. The van der Waals surface area contributed by atoms with Crippen LogP contribution < -0.4 is 10.6 Å². The summed E-state index contributed by atoms with van der Waals surface area (Å²) in [6.07, 6.45) is 2.37. The van der Waals surface area contributed by atoms with Gasteiger partial charge >= 0.3 is 0 Å². The zero-order valence-corrected chi connectivity index (χ0v) is 13.5. The van der Waals surface area contributed by atoms with E-state index in [4.69, 9.17) is 0 Å². The summed E-state index contributed by atoms with van der Waals surface area (Å²) >= 11 is 0. The molecular weight excluding hydrogens is 274 g/mol. The van der Waals surface area contributed by atoms with Crippen LogP contribution in [0, 0.1) is 19.8 Å². The second kappa shape index (κ2) is 5.95. The summed E-state index contributed by atoms with van der Waals surface area (Å²) in [6.45, 7) is 8.27. The number of rotatable bonds is 2. The minimum Gasteiger partial charge on any atom is -0.311 e. The highest BCUT2D eigenvalue weighted by atomic mass is 16.1. The van der Waals surface area contributed by atoms with Gasteiger partial charge in [-0.2, -0.15) is 4.98 Å². The maximum absolute atomic E-state index is 12.4. The number of aromatic nitrogens is 2. The average Bonchev–Trinajstić information content (AvgIpc) is 2.50. The van der Waals surface area contributed by atoms with Crippen molar-refractivity contribution in [2.45, 2.75) is 33.6 Å². The van der Waals surface area contributed by atoms with Crippen molar-refractivity contribution in [3.63, 3.8) is 0 Å². The van der Waals surface area contributed by atoms with E-state index >= 15 is 0 Å². The fourth-order valence-corrected chi connectivity index (χ4v) is 3.30. The molecule has 116 valence electrons. The molecule has 0 aliphatic carbocycles. The number of benzene rings is 1. The van der Waals surface area contributed by atoms with Crippen molar-refractivity contribution >= 4 is 0 Å². The molecule has 2 aromatic rings. The molecule has 0 amide bonds. The Bertz CT molecular complexity index is 713. The molecule has 0 bridgehead atoms. The number of hydrogen-bond acceptors (Lipinski definition) is 3. The van der Waals surface area contributed by atoms with Crippen molar-refractivity contribution in [2.24, 2.45) is 5.92 Å². The first-order valence-corrected chi connectivity index (χ1v) is 7.99. The first kappa shape index (κ1) is 14.8. The molecule has 4 nitrogen and oxygen atoms in total. The van der Waals surface area contributed by atoms with E-state index in [1.807, 2.05) is 44.2 Å². The van der Waals surface area contributed by atoms with Crippen molar-refractivity contribution in [1.29, 1.82) is 0 Å². The normalized spacial score (nSPS) is 16.0. The van der Waals surface area contributed by atoms with E-state index in [-0.39, 0.29) is 5.56 Å². The van der Waals surface area contributed by atoms with Gasteiger partial charge in [-0.1, -0.05) is 37.3 Å². The zero-order valence-electron chi connectivity index (χ0n) is 13.5. The summed E-state index contributed by atoms with van der Waals surface area (Å²) < 4.78 is 2.13. The second-order valence-corrected chi connectivity index (χ2v) is 6.24. The van der Waals surface area contributed by atoms with Crippen molar-refractivity contribution < 1.29 is 0 Å². The fourth-order valence-electron chi connectivity index (χ4n) is 3.30. The van der Waals surface area contributed by atoms with Gasteiger partial charge in [-0.05, 0) is 38.2 Å². The van der Waals surface area contributed by atoms with Crippen LogP contribution in [0.25, 0.3) is 11.1 Å². The first-order valence-electron chi connectivity index (χ1n) is 7.99. The smallest absolute Gasteiger partial charge is 0.281 e. The van der Waals surface area contributed by atoms with Gasteiger partial charge in [-0.15, -0.1) is 0 Å². The van der Waals surface area contributed by atoms with Crippen molar-refractivity contribution in [2.75, 3.05) is 18.1 Å². The molecule has 22 heavy (non-hydrogen) atoms. The van der Waals surface area contributed by atoms with Crippen LogP contribution in [0.4, 0.5) is 0 Å². The van der Waals surface area contributed by atoms with Crippen LogP contribution in [0.1, 0.15) is 31.3 Å². The topological polar surface area (TPSA) is 38.1 Å². The highest BCUT2D eigenvalue weighted by Crippen LogP contribution is 2.22. The van der Waals surface area contributed by atoms with E-state index < -0.39 is 0 Å². The molecule has 1 aromatic carbocycles. The van der Waals surface area contributed by atoms with E-state index in [9.17, 15) is 4.79 Å². The molecule has 0 atom stereocenters.